The standard InChI is InChI=1S/C10H10Br3N3S/c1-2-16-9(6(11)4-15-16)8(14)5-3-7(12)17-10(5)13/h3-4,8H,2,14H2,1H3. The first-order chi connectivity index (χ1) is 8.04. The normalized spacial score (nSPS) is 13.0. The average Bonchev–Trinajstić information content (AvgIpc) is 2.80. The van der Waals surface area contributed by atoms with Crippen LogP contribution in [-0.2, 0) is 6.54 Å². The van der Waals surface area contributed by atoms with Crippen LogP contribution in [0.4, 0.5) is 0 Å². The molecule has 0 saturated carbocycles. The van der Waals surface area contributed by atoms with Crippen LogP contribution < -0.4 is 5.73 Å². The lowest BCUT2D eigenvalue weighted by atomic mass is 10.1. The number of hydrogen-bond donors (Lipinski definition) is 1. The van der Waals surface area contributed by atoms with Gasteiger partial charge in [-0.05, 0) is 60.8 Å². The van der Waals surface area contributed by atoms with Gasteiger partial charge in [0.15, 0.2) is 0 Å². The molecular formula is C10H10Br3N3S. The molecular weight excluding hydrogens is 434 g/mol. The van der Waals surface area contributed by atoms with Crippen molar-refractivity contribution in [1.29, 1.82) is 0 Å². The van der Waals surface area contributed by atoms with Gasteiger partial charge in [0.2, 0.25) is 0 Å². The van der Waals surface area contributed by atoms with Crippen molar-refractivity contribution in [2.45, 2.75) is 19.5 Å². The van der Waals surface area contributed by atoms with Gasteiger partial charge in [0, 0.05) is 12.1 Å². The number of nitrogens with zero attached hydrogens (tertiary/aromatic N) is 2. The third-order valence-corrected chi connectivity index (χ3v) is 5.44. The molecule has 1 atom stereocenters. The summed E-state index contributed by atoms with van der Waals surface area (Å²) in [5.41, 5.74) is 8.38. The molecule has 17 heavy (non-hydrogen) atoms. The van der Waals surface area contributed by atoms with Gasteiger partial charge in [0.25, 0.3) is 0 Å². The third-order valence-electron chi connectivity index (χ3n) is 2.45. The highest BCUT2D eigenvalue weighted by Crippen LogP contribution is 2.38. The van der Waals surface area contributed by atoms with E-state index in [2.05, 4.69) is 52.9 Å². The molecule has 0 spiro atoms. The van der Waals surface area contributed by atoms with Gasteiger partial charge in [-0.15, -0.1) is 11.3 Å². The van der Waals surface area contributed by atoms with Crippen molar-refractivity contribution in [3.05, 3.63) is 35.6 Å². The third kappa shape index (κ3) is 2.68. The Hall–Kier alpha value is 0.310. The molecule has 2 aromatic heterocycles. The molecule has 2 rings (SSSR count). The summed E-state index contributed by atoms with van der Waals surface area (Å²) in [5.74, 6) is 0. The molecule has 0 aromatic carbocycles. The van der Waals surface area contributed by atoms with Gasteiger partial charge in [-0.1, -0.05) is 0 Å². The molecule has 0 fully saturated rings. The van der Waals surface area contributed by atoms with Crippen LogP contribution in [0.25, 0.3) is 0 Å². The Morgan fingerprint density at radius 3 is 2.71 bits per heavy atom. The van der Waals surface area contributed by atoms with Crippen molar-refractivity contribution in [3.63, 3.8) is 0 Å². The second-order valence-electron chi connectivity index (χ2n) is 3.45. The number of aryl methyl sites for hydroxylation is 1. The van der Waals surface area contributed by atoms with E-state index in [1.54, 1.807) is 17.5 Å². The summed E-state index contributed by atoms with van der Waals surface area (Å²) in [5, 5.41) is 4.28. The maximum atomic E-state index is 6.32. The molecule has 0 aliphatic heterocycles. The van der Waals surface area contributed by atoms with Crippen molar-refractivity contribution in [3.8, 4) is 0 Å². The van der Waals surface area contributed by atoms with Crippen LogP contribution in [0, 0.1) is 0 Å². The lowest BCUT2D eigenvalue weighted by Gasteiger charge is -2.13. The molecule has 3 nitrogen and oxygen atoms in total. The fourth-order valence-corrected chi connectivity index (χ4v) is 5.12. The Kier molecular flexibility index (Phi) is 4.46. The second kappa shape index (κ2) is 5.52. The summed E-state index contributed by atoms with van der Waals surface area (Å²) >= 11 is 12.1. The van der Waals surface area contributed by atoms with Gasteiger partial charge >= 0.3 is 0 Å². The molecule has 0 aliphatic rings. The molecule has 2 N–H and O–H groups in total. The Balaban J connectivity index is 2.46. The number of hydrogen-bond acceptors (Lipinski definition) is 3. The van der Waals surface area contributed by atoms with Gasteiger partial charge in [-0.25, -0.2) is 0 Å². The minimum absolute atomic E-state index is 0.191. The molecule has 0 aliphatic carbocycles. The number of thiophene rings is 1. The van der Waals surface area contributed by atoms with Crippen LogP contribution in [0.5, 0.6) is 0 Å². The molecule has 1 unspecified atom stereocenters. The maximum Gasteiger partial charge on any atom is 0.0762 e. The monoisotopic (exact) mass is 441 g/mol. The highest BCUT2D eigenvalue weighted by Gasteiger charge is 2.21. The molecule has 0 radical (unpaired) electrons. The highest BCUT2D eigenvalue weighted by atomic mass is 79.9. The summed E-state index contributed by atoms with van der Waals surface area (Å²) in [6.07, 6.45) is 1.79. The number of rotatable bonds is 3. The van der Waals surface area contributed by atoms with Crippen molar-refractivity contribution < 1.29 is 0 Å². The van der Waals surface area contributed by atoms with E-state index in [1.165, 1.54) is 0 Å². The Morgan fingerprint density at radius 1 is 1.47 bits per heavy atom. The van der Waals surface area contributed by atoms with Crippen LogP contribution in [0.3, 0.4) is 0 Å². The van der Waals surface area contributed by atoms with Gasteiger partial charge < -0.3 is 5.73 Å². The quantitative estimate of drug-likeness (QED) is 0.768. The van der Waals surface area contributed by atoms with Crippen LogP contribution in [0.1, 0.15) is 24.2 Å². The largest absolute Gasteiger partial charge is 0.319 e. The van der Waals surface area contributed by atoms with E-state index in [-0.39, 0.29) is 6.04 Å². The number of halogens is 3. The first-order valence-electron chi connectivity index (χ1n) is 4.96. The second-order valence-corrected chi connectivity index (χ2v) is 8.05. The Bertz CT molecular complexity index is 535. The molecule has 92 valence electrons. The predicted molar refractivity (Wildman–Crippen MR) is 81.4 cm³/mol. The fourth-order valence-electron chi connectivity index (χ4n) is 1.65. The van der Waals surface area contributed by atoms with E-state index in [4.69, 9.17) is 5.73 Å². The van der Waals surface area contributed by atoms with Crippen LogP contribution in [-0.4, -0.2) is 9.78 Å². The average molecular weight is 444 g/mol. The molecule has 2 aromatic rings. The number of aromatic nitrogens is 2. The van der Waals surface area contributed by atoms with Gasteiger partial charge in [-0.2, -0.15) is 5.10 Å². The van der Waals surface area contributed by atoms with Crippen molar-refractivity contribution in [1.82, 2.24) is 9.78 Å². The van der Waals surface area contributed by atoms with Crippen LogP contribution >= 0.6 is 59.1 Å². The molecule has 2 heterocycles. The zero-order chi connectivity index (χ0) is 12.6. The Labute approximate surface area is 129 Å². The summed E-state index contributed by atoms with van der Waals surface area (Å²) in [4.78, 5) is 0. The molecule has 7 heteroatoms. The number of nitrogens with two attached hydrogens (primary N) is 1. The minimum atomic E-state index is -0.191. The lowest BCUT2D eigenvalue weighted by molar-refractivity contribution is 0.599. The van der Waals surface area contributed by atoms with E-state index in [9.17, 15) is 0 Å². The van der Waals surface area contributed by atoms with Crippen LogP contribution in [0.2, 0.25) is 0 Å². The van der Waals surface area contributed by atoms with Gasteiger partial charge in [0.05, 0.1) is 30.0 Å². The van der Waals surface area contributed by atoms with E-state index in [0.29, 0.717) is 0 Å². The zero-order valence-electron chi connectivity index (χ0n) is 8.95. The smallest absolute Gasteiger partial charge is 0.0762 e. The summed E-state index contributed by atoms with van der Waals surface area (Å²) < 4.78 is 4.97. The van der Waals surface area contributed by atoms with Crippen LogP contribution in [0.15, 0.2) is 24.3 Å². The topological polar surface area (TPSA) is 43.8 Å². The highest BCUT2D eigenvalue weighted by molar-refractivity contribution is 9.12. The fraction of sp³-hybridized carbons (Fsp3) is 0.300. The molecule has 0 amide bonds. The van der Waals surface area contributed by atoms with E-state index in [1.807, 2.05) is 17.7 Å². The van der Waals surface area contributed by atoms with Gasteiger partial charge in [0.1, 0.15) is 0 Å². The molecule has 0 bridgehead atoms. The lowest BCUT2D eigenvalue weighted by Crippen LogP contribution is -2.17. The van der Waals surface area contributed by atoms with E-state index >= 15 is 0 Å². The van der Waals surface area contributed by atoms with E-state index < -0.39 is 0 Å². The predicted octanol–water partition coefficient (Wildman–Crippen LogP) is 4.30. The maximum absolute atomic E-state index is 6.32. The SMILES string of the molecule is CCn1ncc(Br)c1C(N)c1cc(Br)sc1Br. The van der Waals surface area contributed by atoms with Crippen molar-refractivity contribution in [2.24, 2.45) is 5.73 Å². The van der Waals surface area contributed by atoms with Gasteiger partial charge in [-0.3, -0.25) is 4.68 Å². The zero-order valence-corrected chi connectivity index (χ0v) is 14.5. The summed E-state index contributed by atoms with van der Waals surface area (Å²) in [7, 11) is 0. The summed E-state index contributed by atoms with van der Waals surface area (Å²) in [6, 6.07) is 1.85. The molecule has 0 saturated heterocycles. The first kappa shape index (κ1) is 13.7. The van der Waals surface area contributed by atoms with Crippen molar-refractivity contribution in [2.75, 3.05) is 0 Å². The first-order valence-corrected chi connectivity index (χ1v) is 8.15. The Morgan fingerprint density at radius 2 is 2.18 bits per heavy atom. The van der Waals surface area contributed by atoms with E-state index in [0.717, 1.165) is 29.8 Å². The summed E-state index contributed by atoms with van der Waals surface area (Å²) in [6.45, 7) is 2.85. The van der Waals surface area contributed by atoms with Crippen molar-refractivity contribution >= 4 is 59.1 Å². The minimum Gasteiger partial charge on any atom is -0.319 e.